The fourth-order valence-electron chi connectivity index (χ4n) is 2.26. The number of rotatable bonds is 2. The number of ether oxygens (including phenoxy) is 1. The van der Waals surface area contributed by atoms with Gasteiger partial charge in [0, 0.05) is 30.9 Å². The van der Waals surface area contributed by atoms with Gasteiger partial charge >= 0.3 is 6.36 Å². The zero-order chi connectivity index (χ0) is 15.0. The summed E-state index contributed by atoms with van der Waals surface area (Å²) in [6.07, 6.45) is -4.68. The summed E-state index contributed by atoms with van der Waals surface area (Å²) >= 11 is 3.13. The Labute approximate surface area is 124 Å². The lowest BCUT2D eigenvalue weighted by atomic mass is 10.0. The van der Waals surface area contributed by atoms with E-state index >= 15 is 0 Å². The Morgan fingerprint density at radius 2 is 2.05 bits per heavy atom. The third-order valence-corrected chi connectivity index (χ3v) is 3.70. The van der Waals surface area contributed by atoms with Gasteiger partial charge in [0.2, 0.25) is 0 Å². The van der Waals surface area contributed by atoms with E-state index in [2.05, 4.69) is 44.7 Å². The minimum absolute atomic E-state index is 0.0220. The van der Waals surface area contributed by atoms with Crippen LogP contribution in [0.4, 0.5) is 18.9 Å². The smallest absolute Gasteiger partial charge is 0.405 e. The van der Waals surface area contributed by atoms with Crippen molar-refractivity contribution in [3.05, 3.63) is 22.7 Å². The first-order chi connectivity index (χ1) is 9.16. The van der Waals surface area contributed by atoms with E-state index in [0.717, 1.165) is 25.3 Å². The first-order valence-electron chi connectivity index (χ1n) is 6.22. The molecule has 1 fully saturated rings. The summed E-state index contributed by atoms with van der Waals surface area (Å²) < 4.78 is 40.9. The maximum absolute atomic E-state index is 12.2. The van der Waals surface area contributed by atoms with E-state index in [-0.39, 0.29) is 11.3 Å². The maximum atomic E-state index is 12.2. The molecule has 1 saturated heterocycles. The molecule has 1 N–H and O–H groups in total. The molecule has 0 amide bonds. The molecule has 0 radical (unpaired) electrons. The van der Waals surface area contributed by atoms with E-state index in [1.54, 1.807) is 12.1 Å². The van der Waals surface area contributed by atoms with E-state index in [0.29, 0.717) is 4.47 Å². The van der Waals surface area contributed by atoms with Gasteiger partial charge in [-0.3, -0.25) is 0 Å². The van der Waals surface area contributed by atoms with Crippen molar-refractivity contribution in [1.29, 1.82) is 0 Å². The molecular formula is C13H16BrF3N2O. The Morgan fingerprint density at radius 3 is 2.60 bits per heavy atom. The highest BCUT2D eigenvalue weighted by molar-refractivity contribution is 9.10. The van der Waals surface area contributed by atoms with Gasteiger partial charge < -0.3 is 15.0 Å². The van der Waals surface area contributed by atoms with Gasteiger partial charge in [-0.1, -0.05) is 0 Å². The van der Waals surface area contributed by atoms with Crippen LogP contribution in [0.3, 0.4) is 0 Å². The van der Waals surface area contributed by atoms with E-state index in [1.165, 1.54) is 6.07 Å². The van der Waals surface area contributed by atoms with Crippen LogP contribution in [-0.2, 0) is 0 Å². The van der Waals surface area contributed by atoms with E-state index < -0.39 is 6.36 Å². The average Bonchev–Trinajstić information content (AvgIpc) is 2.29. The van der Waals surface area contributed by atoms with Crippen molar-refractivity contribution in [3.63, 3.8) is 0 Å². The van der Waals surface area contributed by atoms with E-state index in [9.17, 15) is 13.2 Å². The predicted octanol–water partition coefficient (Wildman–Crippen LogP) is 3.54. The van der Waals surface area contributed by atoms with Gasteiger partial charge in [0.15, 0.2) is 0 Å². The first kappa shape index (κ1) is 15.4. The van der Waals surface area contributed by atoms with Crippen LogP contribution < -0.4 is 15.0 Å². The van der Waals surface area contributed by atoms with E-state index in [1.807, 2.05) is 0 Å². The molecule has 1 aromatic rings. The molecule has 1 aromatic carbocycles. The maximum Gasteiger partial charge on any atom is 0.573 e. The van der Waals surface area contributed by atoms with Gasteiger partial charge in [0.25, 0.3) is 0 Å². The van der Waals surface area contributed by atoms with Gasteiger partial charge in [-0.25, -0.2) is 0 Å². The topological polar surface area (TPSA) is 24.5 Å². The Bertz CT molecular complexity index is 491. The first-order valence-corrected chi connectivity index (χ1v) is 7.01. The molecule has 0 aromatic heterocycles. The van der Waals surface area contributed by atoms with Gasteiger partial charge in [0.1, 0.15) is 5.75 Å². The molecule has 1 aliphatic heterocycles. The molecule has 0 aliphatic carbocycles. The Hall–Kier alpha value is -0.950. The molecule has 0 unspecified atom stereocenters. The Balaban J connectivity index is 2.16. The van der Waals surface area contributed by atoms with Crippen molar-refractivity contribution in [2.45, 2.75) is 25.7 Å². The van der Waals surface area contributed by atoms with Gasteiger partial charge in [-0.2, -0.15) is 0 Å². The zero-order valence-electron chi connectivity index (χ0n) is 11.2. The second-order valence-electron chi connectivity index (χ2n) is 5.39. The second kappa shape index (κ2) is 5.44. The SMILES string of the molecule is CC1(C)CN(c2ccc(OC(F)(F)F)c(Br)c2)CCN1. The molecular weight excluding hydrogens is 337 g/mol. The second-order valence-corrected chi connectivity index (χ2v) is 6.25. The summed E-state index contributed by atoms with van der Waals surface area (Å²) in [7, 11) is 0. The number of hydrogen-bond acceptors (Lipinski definition) is 3. The molecule has 2 rings (SSSR count). The molecule has 3 nitrogen and oxygen atoms in total. The highest BCUT2D eigenvalue weighted by Crippen LogP contribution is 2.34. The van der Waals surface area contributed by atoms with Crippen molar-refractivity contribution in [2.75, 3.05) is 24.5 Å². The quantitative estimate of drug-likeness (QED) is 0.880. The van der Waals surface area contributed by atoms with Crippen LogP contribution in [0, 0.1) is 0 Å². The van der Waals surface area contributed by atoms with Crippen molar-refractivity contribution in [1.82, 2.24) is 5.32 Å². The average molecular weight is 353 g/mol. The number of nitrogens with zero attached hydrogens (tertiary/aromatic N) is 1. The van der Waals surface area contributed by atoms with Crippen LogP contribution in [0.5, 0.6) is 5.75 Å². The number of halogens is 4. The van der Waals surface area contributed by atoms with Gasteiger partial charge in [-0.05, 0) is 48.0 Å². The summed E-state index contributed by atoms with van der Waals surface area (Å²) in [6, 6.07) is 4.64. The normalized spacial score (nSPS) is 19.0. The molecule has 0 atom stereocenters. The van der Waals surface area contributed by atoms with Crippen LogP contribution in [0.15, 0.2) is 22.7 Å². The number of piperazine rings is 1. The molecule has 1 aliphatic rings. The number of anilines is 1. The molecule has 20 heavy (non-hydrogen) atoms. The fraction of sp³-hybridized carbons (Fsp3) is 0.538. The van der Waals surface area contributed by atoms with Crippen molar-refractivity contribution < 1.29 is 17.9 Å². The Kier molecular flexibility index (Phi) is 4.20. The largest absolute Gasteiger partial charge is 0.573 e. The minimum atomic E-state index is -4.68. The summed E-state index contributed by atoms with van der Waals surface area (Å²) in [5, 5.41) is 3.39. The monoisotopic (exact) mass is 352 g/mol. The lowest BCUT2D eigenvalue weighted by molar-refractivity contribution is -0.274. The number of nitrogens with one attached hydrogen (secondary N) is 1. The summed E-state index contributed by atoms with van der Waals surface area (Å²) in [5.41, 5.74) is 0.854. The molecule has 0 spiro atoms. The molecule has 0 bridgehead atoms. The van der Waals surface area contributed by atoms with Crippen LogP contribution >= 0.6 is 15.9 Å². The predicted molar refractivity (Wildman–Crippen MR) is 75.1 cm³/mol. The lowest BCUT2D eigenvalue weighted by Gasteiger charge is -2.40. The van der Waals surface area contributed by atoms with Gasteiger partial charge in [-0.15, -0.1) is 13.2 Å². The van der Waals surface area contributed by atoms with Crippen LogP contribution in [0.2, 0.25) is 0 Å². The van der Waals surface area contributed by atoms with Crippen LogP contribution in [-0.4, -0.2) is 31.5 Å². The lowest BCUT2D eigenvalue weighted by Crippen LogP contribution is -2.57. The number of hydrogen-bond donors (Lipinski definition) is 1. The van der Waals surface area contributed by atoms with Crippen molar-refractivity contribution >= 4 is 21.6 Å². The van der Waals surface area contributed by atoms with Crippen LogP contribution in [0.1, 0.15) is 13.8 Å². The van der Waals surface area contributed by atoms with Crippen LogP contribution in [0.25, 0.3) is 0 Å². The molecule has 7 heteroatoms. The van der Waals surface area contributed by atoms with Crippen molar-refractivity contribution in [2.24, 2.45) is 0 Å². The zero-order valence-corrected chi connectivity index (χ0v) is 12.8. The van der Waals surface area contributed by atoms with E-state index in [4.69, 9.17) is 0 Å². The summed E-state index contributed by atoms with van der Waals surface area (Å²) in [4.78, 5) is 2.14. The number of benzene rings is 1. The van der Waals surface area contributed by atoms with Gasteiger partial charge in [0.05, 0.1) is 4.47 Å². The standard InChI is InChI=1S/C13H16BrF3N2O/c1-12(2)8-19(6-5-18-12)9-3-4-11(10(14)7-9)20-13(15,16)17/h3-4,7,18H,5-6,8H2,1-2H3. The van der Waals surface area contributed by atoms with Crippen molar-refractivity contribution in [3.8, 4) is 5.75 Å². The summed E-state index contributed by atoms with van der Waals surface area (Å²) in [5.74, 6) is -0.226. The highest BCUT2D eigenvalue weighted by Gasteiger charge is 2.32. The molecule has 1 heterocycles. The third-order valence-electron chi connectivity index (χ3n) is 3.08. The highest BCUT2D eigenvalue weighted by atomic mass is 79.9. The Morgan fingerprint density at radius 1 is 1.35 bits per heavy atom. The third kappa shape index (κ3) is 4.02. The molecule has 112 valence electrons. The fourth-order valence-corrected chi connectivity index (χ4v) is 2.70. The number of alkyl halides is 3. The summed E-state index contributed by atoms with van der Waals surface area (Å²) in [6.45, 7) is 6.63. The molecule has 0 saturated carbocycles. The minimum Gasteiger partial charge on any atom is -0.405 e.